The van der Waals surface area contributed by atoms with Crippen molar-refractivity contribution in [2.45, 2.75) is 25.1 Å². The average Bonchev–Trinajstić information content (AvgIpc) is 2.87. The fourth-order valence-electron chi connectivity index (χ4n) is 2.28. The van der Waals surface area contributed by atoms with Crippen LogP contribution in [0.25, 0.3) is 0 Å². The average molecular weight is 273 g/mol. The van der Waals surface area contributed by atoms with Crippen molar-refractivity contribution in [2.75, 3.05) is 19.8 Å². The van der Waals surface area contributed by atoms with E-state index in [1.165, 1.54) is 0 Å². The Hall–Kier alpha value is -1.07. The highest BCUT2D eigenvalue weighted by Crippen LogP contribution is 2.29. The van der Waals surface area contributed by atoms with Crippen LogP contribution in [-0.4, -0.2) is 25.9 Å². The Balaban J connectivity index is 1.97. The van der Waals surface area contributed by atoms with Gasteiger partial charge in [-0.25, -0.2) is 0 Å². The van der Waals surface area contributed by atoms with E-state index in [9.17, 15) is 13.2 Å². The third-order valence-corrected chi connectivity index (χ3v) is 3.31. The van der Waals surface area contributed by atoms with Gasteiger partial charge in [0.15, 0.2) is 0 Å². The molecule has 1 aromatic rings. The van der Waals surface area contributed by atoms with Crippen molar-refractivity contribution in [2.24, 2.45) is 5.92 Å². The number of benzene rings is 1. The summed E-state index contributed by atoms with van der Waals surface area (Å²) in [6.07, 6.45) is -4.09. The van der Waals surface area contributed by atoms with Gasteiger partial charge in [-0.05, 0) is 17.9 Å². The summed E-state index contributed by atoms with van der Waals surface area (Å²) in [7, 11) is 0. The molecule has 19 heavy (non-hydrogen) atoms. The lowest BCUT2D eigenvalue weighted by Gasteiger charge is -2.22. The lowest BCUT2D eigenvalue weighted by molar-refractivity contribution is -0.140. The van der Waals surface area contributed by atoms with E-state index in [0.717, 1.165) is 6.42 Å². The van der Waals surface area contributed by atoms with Crippen molar-refractivity contribution in [3.8, 4) is 0 Å². The Kier molecular flexibility index (Phi) is 4.82. The molecule has 2 rings (SSSR count). The number of halogens is 3. The topological polar surface area (TPSA) is 21.3 Å². The van der Waals surface area contributed by atoms with E-state index in [2.05, 4.69) is 5.32 Å². The summed E-state index contributed by atoms with van der Waals surface area (Å²) in [5, 5.41) is 3.03. The van der Waals surface area contributed by atoms with Crippen LogP contribution >= 0.6 is 0 Å². The zero-order valence-corrected chi connectivity index (χ0v) is 10.6. The van der Waals surface area contributed by atoms with Gasteiger partial charge in [-0.3, -0.25) is 0 Å². The van der Waals surface area contributed by atoms with Crippen molar-refractivity contribution >= 4 is 0 Å². The molecule has 0 aliphatic carbocycles. The molecule has 0 saturated carbocycles. The van der Waals surface area contributed by atoms with Crippen LogP contribution in [0.2, 0.25) is 0 Å². The Morgan fingerprint density at radius 1 is 1.26 bits per heavy atom. The summed E-state index contributed by atoms with van der Waals surface area (Å²) in [6.45, 7) is 1.91. The molecule has 1 aliphatic heterocycles. The number of hydrogen-bond donors (Lipinski definition) is 1. The molecule has 1 fully saturated rings. The molecule has 106 valence electrons. The third-order valence-electron chi connectivity index (χ3n) is 3.31. The quantitative estimate of drug-likeness (QED) is 0.888. The normalized spacial score (nSPS) is 21.5. The second kappa shape index (κ2) is 6.39. The van der Waals surface area contributed by atoms with Crippen LogP contribution in [0.1, 0.15) is 24.4 Å². The minimum Gasteiger partial charge on any atom is -0.381 e. The van der Waals surface area contributed by atoms with Crippen LogP contribution in [0.5, 0.6) is 0 Å². The van der Waals surface area contributed by atoms with Gasteiger partial charge in [0.2, 0.25) is 0 Å². The van der Waals surface area contributed by atoms with Crippen LogP contribution < -0.4 is 5.32 Å². The molecule has 2 atom stereocenters. The first-order valence-corrected chi connectivity index (χ1v) is 6.47. The summed E-state index contributed by atoms with van der Waals surface area (Å²) < 4.78 is 43.1. The number of ether oxygens (including phenoxy) is 1. The molecule has 1 heterocycles. The highest BCUT2D eigenvalue weighted by molar-refractivity contribution is 5.19. The predicted octanol–water partition coefficient (Wildman–Crippen LogP) is 3.31. The Labute approximate surface area is 111 Å². The molecular weight excluding hydrogens is 255 g/mol. The molecule has 2 nitrogen and oxygen atoms in total. The SMILES string of the molecule is FC(F)(F)CC(NCC1CCOC1)c1ccccc1. The molecule has 0 amide bonds. The van der Waals surface area contributed by atoms with Crippen LogP contribution in [-0.2, 0) is 4.74 Å². The molecule has 0 radical (unpaired) electrons. The van der Waals surface area contributed by atoms with Gasteiger partial charge in [0.25, 0.3) is 0 Å². The molecular formula is C14H18F3NO. The maximum Gasteiger partial charge on any atom is 0.390 e. The minimum atomic E-state index is -4.17. The molecule has 1 aromatic carbocycles. The van der Waals surface area contributed by atoms with E-state index in [1.54, 1.807) is 30.3 Å². The van der Waals surface area contributed by atoms with Gasteiger partial charge in [-0.1, -0.05) is 30.3 Å². The fourth-order valence-corrected chi connectivity index (χ4v) is 2.28. The maximum absolute atomic E-state index is 12.6. The van der Waals surface area contributed by atoms with Gasteiger partial charge in [0.1, 0.15) is 0 Å². The lowest BCUT2D eigenvalue weighted by Crippen LogP contribution is -2.31. The van der Waals surface area contributed by atoms with Gasteiger partial charge in [0, 0.05) is 19.2 Å². The van der Waals surface area contributed by atoms with Crippen LogP contribution in [0.4, 0.5) is 13.2 Å². The first-order chi connectivity index (χ1) is 9.04. The number of alkyl halides is 3. The van der Waals surface area contributed by atoms with Gasteiger partial charge in [-0.15, -0.1) is 0 Å². The summed E-state index contributed by atoms with van der Waals surface area (Å²) in [4.78, 5) is 0. The van der Waals surface area contributed by atoms with Crippen LogP contribution in [0.15, 0.2) is 30.3 Å². The fraction of sp³-hybridized carbons (Fsp3) is 0.571. The van der Waals surface area contributed by atoms with Crippen molar-refractivity contribution in [3.05, 3.63) is 35.9 Å². The van der Waals surface area contributed by atoms with Crippen molar-refractivity contribution < 1.29 is 17.9 Å². The molecule has 5 heteroatoms. The van der Waals surface area contributed by atoms with Crippen molar-refractivity contribution in [3.63, 3.8) is 0 Å². The highest BCUT2D eigenvalue weighted by atomic mass is 19.4. The first-order valence-electron chi connectivity index (χ1n) is 6.47. The van der Waals surface area contributed by atoms with Crippen molar-refractivity contribution in [1.29, 1.82) is 0 Å². The Bertz CT molecular complexity index is 374. The second-order valence-corrected chi connectivity index (χ2v) is 4.92. The maximum atomic E-state index is 12.6. The molecule has 1 aliphatic rings. The lowest BCUT2D eigenvalue weighted by atomic mass is 10.0. The van der Waals surface area contributed by atoms with E-state index in [-0.39, 0.29) is 0 Å². The van der Waals surface area contributed by atoms with E-state index >= 15 is 0 Å². The number of hydrogen-bond acceptors (Lipinski definition) is 2. The predicted molar refractivity (Wildman–Crippen MR) is 66.8 cm³/mol. The molecule has 1 N–H and O–H groups in total. The zero-order chi connectivity index (χ0) is 13.7. The van der Waals surface area contributed by atoms with E-state index in [0.29, 0.717) is 31.2 Å². The highest BCUT2D eigenvalue weighted by Gasteiger charge is 2.32. The molecule has 0 bridgehead atoms. The second-order valence-electron chi connectivity index (χ2n) is 4.92. The number of rotatable bonds is 5. The van der Waals surface area contributed by atoms with Crippen molar-refractivity contribution in [1.82, 2.24) is 5.32 Å². The molecule has 0 spiro atoms. The minimum absolute atomic E-state index is 0.319. The molecule has 1 saturated heterocycles. The van der Waals surface area contributed by atoms with E-state index < -0.39 is 18.6 Å². The van der Waals surface area contributed by atoms with Gasteiger partial charge >= 0.3 is 6.18 Å². The van der Waals surface area contributed by atoms with Gasteiger partial charge in [-0.2, -0.15) is 13.2 Å². The first kappa shape index (κ1) is 14.3. The summed E-state index contributed by atoms with van der Waals surface area (Å²) in [5.74, 6) is 0.319. The number of nitrogens with one attached hydrogen (secondary N) is 1. The summed E-state index contributed by atoms with van der Waals surface area (Å²) >= 11 is 0. The van der Waals surface area contributed by atoms with E-state index in [1.807, 2.05) is 0 Å². The monoisotopic (exact) mass is 273 g/mol. The largest absolute Gasteiger partial charge is 0.390 e. The zero-order valence-electron chi connectivity index (χ0n) is 10.6. The Morgan fingerprint density at radius 3 is 2.58 bits per heavy atom. The standard InChI is InChI=1S/C14H18F3NO/c15-14(16,17)8-13(12-4-2-1-3-5-12)18-9-11-6-7-19-10-11/h1-5,11,13,18H,6-10H2. The van der Waals surface area contributed by atoms with Crippen LogP contribution in [0, 0.1) is 5.92 Å². The summed E-state index contributed by atoms with van der Waals surface area (Å²) in [5.41, 5.74) is 0.679. The third kappa shape index (κ3) is 4.84. The molecule has 0 aromatic heterocycles. The van der Waals surface area contributed by atoms with Crippen LogP contribution in [0.3, 0.4) is 0 Å². The van der Waals surface area contributed by atoms with Gasteiger partial charge in [0.05, 0.1) is 13.0 Å². The van der Waals surface area contributed by atoms with E-state index in [4.69, 9.17) is 4.74 Å². The Morgan fingerprint density at radius 2 is 2.00 bits per heavy atom. The molecule has 2 unspecified atom stereocenters. The smallest absolute Gasteiger partial charge is 0.381 e. The van der Waals surface area contributed by atoms with Gasteiger partial charge < -0.3 is 10.1 Å². The summed E-state index contributed by atoms with van der Waals surface area (Å²) in [6, 6.07) is 8.11.